The molecule has 1 amide bonds. The van der Waals surface area contributed by atoms with E-state index in [1.807, 2.05) is 65.1 Å². The highest BCUT2D eigenvalue weighted by atomic mass is 32.2. The molecule has 2 aromatic carbocycles. The number of thioether (sulfide) groups is 1. The van der Waals surface area contributed by atoms with E-state index >= 15 is 0 Å². The molecule has 0 spiro atoms. The van der Waals surface area contributed by atoms with Gasteiger partial charge in [-0.25, -0.2) is 4.98 Å². The highest BCUT2D eigenvalue weighted by molar-refractivity contribution is 8.00. The maximum atomic E-state index is 13.2. The summed E-state index contributed by atoms with van der Waals surface area (Å²) in [5.74, 6) is 0.937. The standard InChI is InChI=1S/C22H23N3O2S/c1-16(21(26)25-14-5-7-17-6-3-4-8-20(17)25)28-22-23-13-15-24(22)18-9-11-19(27-2)12-10-18/h3-4,6,8-13,15-16H,5,7,14H2,1-2H3. The van der Waals surface area contributed by atoms with E-state index in [1.165, 1.54) is 17.3 Å². The van der Waals surface area contributed by atoms with Crippen LogP contribution in [0.3, 0.4) is 0 Å². The Morgan fingerprint density at radius 1 is 1.18 bits per heavy atom. The van der Waals surface area contributed by atoms with E-state index in [4.69, 9.17) is 4.74 Å². The summed E-state index contributed by atoms with van der Waals surface area (Å²) in [4.78, 5) is 19.6. The lowest BCUT2D eigenvalue weighted by molar-refractivity contribution is -0.117. The SMILES string of the molecule is COc1ccc(-n2ccnc2SC(C)C(=O)N2CCCc3ccccc32)cc1. The summed E-state index contributed by atoms with van der Waals surface area (Å²) in [6, 6.07) is 16.0. The zero-order chi connectivity index (χ0) is 19.5. The molecule has 1 aliphatic heterocycles. The second-order valence-electron chi connectivity index (χ2n) is 6.76. The van der Waals surface area contributed by atoms with Gasteiger partial charge in [0.15, 0.2) is 5.16 Å². The molecule has 1 aliphatic rings. The fourth-order valence-corrected chi connectivity index (χ4v) is 4.45. The minimum atomic E-state index is -0.231. The number of hydrogen-bond donors (Lipinski definition) is 0. The van der Waals surface area contributed by atoms with Crippen LogP contribution in [0.25, 0.3) is 5.69 Å². The number of fused-ring (bicyclic) bond motifs is 1. The van der Waals surface area contributed by atoms with Crippen LogP contribution in [0.5, 0.6) is 5.75 Å². The Kier molecular flexibility index (Phi) is 5.39. The molecule has 0 saturated carbocycles. The van der Waals surface area contributed by atoms with Crippen LogP contribution in [-0.4, -0.2) is 34.4 Å². The molecule has 0 saturated heterocycles. The molecule has 5 nitrogen and oxygen atoms in total. The first-order chi connectivity index (χ1) is 13.7. The van der Waals surface area contributed by atoms with Crippen LogP contribution in [0, 0.1) is 0 Å². The van der Waals surface area contributed by atoms with Gasteiger partial charge in [-0.2, -0.15) is 0 Å². The second-order valence-corrected chi connectivity index (χ2v) is 8.07. The number of hydrogen-bond acceptors (Lipinski definition) is 4. The zero-order valence-electron chi connectivity index (χ0n) is 16.0. The number of para-hydroxylation sites is 1. The van der Waals surface area contributed by atoms with Crippen LogP contribution in [0.4, 0.5) is 5.69 Å². The summed E-state index contributed by atoms with van der Waals surface area (Å²) in [5.41, 5.74) is 3.28. The second kappa shape index (κ2) is 8.10. The van der Waals surface area contributed by atoms with E-state index in [2.05, 4.69) is 11.1 Å². The largest absolute Gasteiger partial charge is 0.497 e. The number of amides is 1. The minimum Gasteiger partial charge on any atom is -0.497 e. The Labute approximate surface area is 169 Å². The summed E-state index contributed by atoms with van der Waals surface area (Å²) in [5, 5.41) is 0.571. The first-order valence-corrected chi connectivity index (χ1v) is 10.3. The quantitative estimate of drug-likeness (QED) is 0.605. The summed E-state index contributed by atoms with van der Waals surface area (Å²) < 4.78 is 7.23. The summed E-state index contributed by atoms with van der Waals surface area (Å²) in [7, 11) is 1.65. The molecule has 144 valence electrons. The van der Waals surface area contributed by atoms with E-state index in [0.717, 1.165) is 41.7 Å². The zero-order valence-corrected chi connectivity index (χ0v) is 16.9. The van der Waals surface area contributed by atoms with E-state index in [1.54, 1.807) is 13.3 Å². The van der Waals surface area contributed by atoms with Crippen molar-refractivity contribution in [3.8, 4) is 11.4 Å². The molecule has 0 bridgehead atoms. The summed E-state index contributed by atoms with van der Waals surface area (Å²) >= 11 is 1.49. The molecular formula is C22H23N3O2S. The lowest BCUT2D eigenvalue weighted by Crippen LogP contribution is -2.40. The topological polar surface area (TPSA) is 47.4 Å². The maximum Gasteiger partial charge on any atom is 0.240 e. The minimum absolute atomic E-state index is 0.126. The molecule has 1 unspecified atom stereocenters. The number of nitrogens with zero attached hydrogens (tertiary/aromatic N) is 3. The number of imidazole rings is 1. The fourth-order valence-electron chi connectivity index (χ4n) is 3.51. The Morgan fingerprint density at radius 2 is 1.96 bits per heavy atom. The van der Waals surface area contributed by atoms with Crippen LogP contribution < -0.4 is 9.64 Å². The van der Waals surface area contributed by atoms with Crippen LogP contribution in [0.2, 0.25) is 0 Å². The third-order valence-electron chi connectivity index (χ3n) is 4.96. The van der Waals surface area contributed by atoms with Gasteiger partial charge >= 0.3 is 0 Å². The number of aryl methyl sites for hydroxylation is 1. The van der Waals surface area contributed by atoms with E-state index in [9.17, 15) is 4.79 Å². The summed E-state index contributed by atoms with van der Waals surface area (Å²) in [6.07, 6.45) is 5.71. The number of aromatic nitrogens is 2. The molecule has 0 fully saturated rings. The normalized spacial score (nSPS) is 14.4. The van der Waals surface area contributed by atoms with Crippen LogP contribution >= 0.6 is 11.8 Å². The van der Waals surface area contributed by atoms with E-state index in [0.29, 0.717) is 0 Å². The molecule has 4 rings (SSSR count). The van der Waals surface area contributed by atoms with Crippen molar-refractivity contribution in [2.75, 3.05) is 18.6 Å². The number of benzene rings is 2. The van der Waals surface area contributed by atoms with Crippen LogP contribution in [-0.2, 0) is 11.2 Å². The van der Waals surface area contributed by atoms with E-state index in [-0.39, 0.29) is 11.2 Å². The molecule has 28 heavy (non-hydrogen) atoms. The predicted octanol–water partition coefficient (Wildman–Crippen LogP) is 4.34. The number of ether oxygens (including phenoxy) is 1. The van der Waals surface area contributed by atoms with Gasteiger partial charge in [0.25, 0.3) is 0 Å². The third kappa shape index (κ3) is 3.64. The fraction of sp³-hybridized carbons (Fsp3) is 0.273. The Morgan fingerprint density at radius 3 is 2.75 bits per heavy atom. The van der Waals surface area contributed by atoms with Crippen molar-refractivity contribution < 1.29 is 9.53 Å². The number of carbonyl (C=O) groups is 1. The molecule has 0 radical (unpaired) electrons. The van der Waals surface area contributed by atoms with Crippen molar-refractivity contribution in [2.24, 2.45) is 0 Å². The van der Waals surface area contributed by atoms with Crippen molar-refractivity contribution in [3.63, 3.8) is 0 Å². The molecule has 6 heteroatoms. The van der Waals surface area contributed by atoms with Crippen LogP contribution in [0.1, 0.15) is 18.9 Å². The first-order valence-electron chi connectivity index (χ1n) is 9.41. The van der Waals surface area contributed by atoms with Gasteiger partial charge in [-0.15, -0.1) is 0 Å². The molecule has 0 aliphatic carbocycles. The smallest absolute Gasteiger partial charge is 0.240 e. The molecule has 2 heterocycles. The molecule has 1 atom stereocenters. The average Bonchev–Trinajstić information content (AvgIpc) is 3.21. The van der Waals surface area contributed by atoms with Gasteiger partial charge in [-0.3, -0.25) is 9.36 Å². The van der Waals surface area contributed by atoms with Crippen molar-refractivity contribution in [1.82, 2.24) is 9.55 Å². The molecular weight excluding hydrogens is 370 g/mol. The van der Waals surface area contributed by atoms with Gasteiger partial charge in [0.2, 0.25) is 5.91 Å². The highest BCUT2D eigenvalue weighted by Gasteiger charge is 2.27. The van der Waals surface area contributed by atoms with E-state index < -0.39 is 0 Å². The Hall–Kier alpha value is -2.73. The van der Waals surface area contributed by atoms with Crippen molar-refractivity contribution in [1.29, 1.82) is 0 Å². The number of rotatable bonds is 5. The van der Waals surface area contributed by atoms with Gasteiger partial charge in [-0.05, 0) is 55.7 Å². The first kappa shape index (κ1) is 18.6. The maximum absolute atomic E-state index is 13.2. The monoisotopic (exact) mass is 393 g/mol. The van der Waals surface area contributed by atoms with Crippen molar-refractivity contribution >= 4 is 23.4 Å². The number of anilines is 1. The number of carbonyl (C=O) groups excluding carboxylic acids is 1. The van der Waals surface area contributed by atoms with Crippen LogP contribution in [0.15, 0.2) is 66.1 Å². The average molecular weight is 394 g/mol. The van der Waals surface area contributed by atoms with Gasteiger partial charge < -0.3 is 9.64 Å². The van der Waals surface area contributed by atoms with Crippen molar-refractivity contribution in [3.05, 3.63) is 66.5 Å². The molecule has 1 aromatic heterocycles. The Balaban J connectivity index is 1.52. The summed E-state index contributed by atoms with van der Waals surface area (Å²) in [6.45, 7) is 2.73. The van der Waals surface area contributed by atoms with Gasteiger partial charge in [0, 0.05) is 30.3 Å². The lowest BCUT2D eigenvalue weighted by Gasteiger charge is -2.31. The lowest BCUT2D eigenvalue weighted by atomic mass is 10.0. The van der Waals surface area contributed by atoms with Crippen molar-refractivity contribution in [2.45, 2.75) is 30.2 Å². The third-order valence-corrected chi connectivity index (χ3v) is 6.03. The Bertz CT molecular complexity index is 968. The molecule has 3 aromatic rings. The number of methoxy groups -OCH3 is 1. The van der Waals surface area contributed by atoms with Gasteiger partial charge in [0.05, 0.1) is 12.4 Å². The molecule has 0 N–H and O–H groups in total. The van der Waals surface area contributed by atoms with Gasteiger partial charge in [-0.1, -0.05) is 30.0 Å². The highest BCUT2D eigenvalue weighted by Crippen LogP contribution is 2.31. The van der Waals surface area contributed by atoms with Gasteiger partial charge in [0.1, 0.15) is 5.75 Å². The predicted molar refractivity (Wildman–Crippen MR) is 113 cm³/mol.